The second kappa shape index (κ2) is 4.65. The number of anilines is 1. The molecule has 102 valence electrons. The second-order valence-corrected chi connectivity index (χ2v) is 4.24. The molecule has 0 radical (unpaired) electrons. The van der Waals surface area contributed by atoms with Gasteiger partial charge in [0.15, 0.2) is 5.58 Å². The fraction of sp³-hybridized carbons (Fsp3) is 0.167. The summed E-state index contributed by atoms with van der Waals surface area (Å²) >= 11 is 0. The Morgan fingerprint density at radius 2 is 2.35 bits per heavy atom. The van der Waals surface area contributed by atoms with Crippen molar-refractivity contribution < 1.29 is 9.34 Å². The number of hydrogen-bond acceptors (Lipinski definition) is 6. The van der Waals surface area contributed by atoms with Gasteiger partial charge in [-0.2, -0.15) is 4.98 Å². The third-order valence-electron chi connectivity index (χ3n) is 2.90. The zero-order valence-corrected chi connectivity index (χ0v) is 10.6. The molecular formula is C12H11N5O3. The summed E-state index contributed by atoms with van der Waals surface area (Å²) in [4.78, 5) is 18.6. The first kappa shape index (κ1) is 12.2. The molecule has 8 nitrogen and oxygen atoms in total. The molecule has 2 aromatic heterocycles. The van der Waals surface area contributed by atoms with E-state index in [1.165, 1.54) is 12.1 Å². The Labute approximate surface area is 113 Å². The molecule has 1 aromatic carbocycles. The zero-order chi connectivity index (χ0) is 14.1. The van der Waals surface area contributed by atoms with Crippen molar-refractivity contribution in [1.29, 1.82) is 0 Å². The number of hydrogen-bond donors (Lipinski definition) is 1. The molecule has 8 heteroatoms. The normalized spacial score (nSPS) is 10.8. The standard InChI is InChI=1S/C12H11N5O3/c1-16-5-4-13-11(16)7-14-12-15-9-3-2-8(17(18)19)6-10(9)20-12/h2-6H,7H2,1H3,(H,14,15). The van der Waals surface area contributed by atoms with Crippen molar-refractivity contribution in [1.82, 2.24) is 14.5 Å². The molecule has 0 aliphatic heterocycles. The maximum atomic E-state index is 10.7. The highest BCUT2D eigenvalue weighted by atomic mass is 16.6. The highest BCUT2D eigenvalue weighted by molar-refractivity contribution is 5.77. The lowest BCUT2D eigenvalue weighted by molar-refractivity contribution is -0.384. The van der Waals surface area contributed by atoms with Crippen LogP contribution in [0, 0.1) is 10.1 Å². The van der Waals surface area contributed by atoms with Gasteiger partial charge in [0.05, 0.1) is 17.5 Å². The summed E-state index contributed by atoms with van der Waals surface area (Å²) in [6, 6.07) is 4.62. The van der Waals surface area contributed by atoms with E-state index in [-0.39, 0.29) is 5.69 Å². The number of nitrogens with zero attached hydrogens (tertiary/aromatic N) is 4. The number of nitrogens with one attached hydrogen (secondary N) is 1. The molecule has 0 spiro atoms. The van der Waals surface area contributed by atoms with E-state index >= 15 is 0 Å². The molecule has 0 unspecified atom stereocenters. The Balaban J connectivity index is 1.82. The van der Waals surface area contributed by atoms with Crippen LogP contribution in [-0.2, 0) is 13.6 Å². The van der Waals surface area contributed by atoms with Crippen LogP contribution in [-0.4, -0.2) is 19.5 Å². The van der Waals surface area contributed by atoms with Gasteiger partial charge in [-0.15, -0.1) is 0 Å². The minimum absolute atomic E-state index is 0.0238. The first-order valence-electron chi connectivity index (χ1n) is 5.88. The topological polar surface area (TPSA) is 99.0 Å². The van der Waals surface area contributed by atoms with Gasteiger partial charge in [0.1, 0.15) is 11.3 Å². The van der Waals surface area contributed by atoms with Crippen molar-refractivity contribution in [2.24, 2.45) is 7.05 Å². The number of aryl methyl sites for hydroxylation is 1. The lowest BCUT2D eigenvalue weighted by Gasteiger charge is -2.01. The zero-order valence-electron chi connectivity index (χ0n) is 10.6. The van der Waals surface area contributed by atoms with E-state index in [0.29, 0.717) is 23.7 Å². The molecule has 3 aromatic rings. The van der Waals surface area contributed by atoms with Gasteiger partial charge in [-0.05, 0) is 6.07 Å². The van der Waals surface area contributed by atoms with Gasteiger partial charge in [0.25, 0.3) is 11.7 Å². The lowest BCUT2D eigenvalue weighted by Crippen LogP contribution is -2.05. The molecule has 0 atom stereocenters. The summed E-state index contributed by atoms with van der Waals surface area (Å²) in [6.45, 7) is 0.457. The number of fused-ring (bicyclic) bond motifs is 1. The third-order valence-corrected chi connectivity index (χ3v) is 2.90. The molecule has 0 amide bonds. The maximum Gasteiger partial charge on any atom is 0.296 e. The summed E-state index contributed by atoms with van der Waals surface area (Å²) in [5.41, 5.74) is 0.920. The van der Waals surface area contributed by atoms with Gasteiger partial charge in [0.2, 0.25) is 0 Å². The van der Waals surface area contributed by atoms with Gasteiger partial charge in [-0.25, -0.2) is 4.98 Å². The summed E-state index contributed by atoms with van der Waals surface area (Å²) in [7, 11) is 1.89. The SMILES string of the molecule is Cn1ccnc1CNc1nc2ccc([N+](=O)[O-])cc2o1. The van der Waals surface area contributed by atoms with Gasteiger partial charge in [-0.1, -0.05) is 0 Å². The smallest absolute Gasteiger partial charge is 0.296 e. The van der Waals surface area contributed by atoms with Gasteiger partial charge in [-0.3, -0.25) is 10.1 Å². The summed E-state index contributed by atoms with van der Waals surface area (Å²) in [6.07, 6.45) is 3.54. The van der Waals surface area contributed by atoms with E-state index < -0.39 is 4.92 Å². The second-order valence-electron chi connectivity index (χ2n) is 4.24. The van der Waals surface area contributed by atoms with E-state index in [4.69, 9.17) is 4.42 Å². The average molecular weight is 273 g/mol. The van der Waals surface area contributed by atoms with E-state index in [1.807, 2.05) is 17.8 Å². The number of benzene rings is 1. The van der Waals surface area contributed by atoms with Crippen molar-refractivity contribution in [3.63, 3.8) is 0 Å². The minimum Gasteiger partial charge on any atom is -0.423 e. The van der Waals surface area contributed by atoms with Crippen LogP contribution in [0.5, 0.6) is 0 Å². The van der Waals surface area contributed by atoms with Crippen LogP contribution in [0.2, 0.25) is 0 Å². The van der Waals surface area contributed by atoms with Crippen LogP contribution in [0.3, 0.4) is 0 Å². The number of nitro benzene ring substituents is 1. The minimum atomic E-state index is -0.469. The Hall–Kier alpha value is -2.90. The fourth-order valence-corrected chi connectivity index (χ4v) is 1.82. The van der Waals surface area contributed by atoms with E-state index in [9.17, 15) is 10.1 Å². The first-order chi connectivity index (χ1) is 9.63. The number of nitro groups is 1. The largest absolute Gasteiger partial charge is 0.423 e. The predicted molar refractivity (Wildman–Crippen MR) is 71.2 cm³/mol. The highest BCUT2D eigenvalue weighted by Gasteiger charge is 2.11. The molecule has 0 bridgehead atoms. The van der Waals surface area contributed by atoms with Crippen molar-refractivity contribution in [3.8, 4) is 0 Å². The molecule has 0 aliphatic rings. The summed E-state index contributed by atoms with van der Waals surface area (Å²) in [5.74, 6) is 0.832. The molecule has 3 rings (SSSR count). The molecular weight excluding hydrogens is 262 g/mol. The molecule has 0 saturated heterocycles. The Morgan fingerprint density at radius 3 is 3.05 bits per heavy atom. The molecule has 20 heavy (non-hydrogen) atoms. The average Bonchev–Trinajstić information content (AvgIpc) is 3.00. The highest BCUT2D eigenvalue weighted by Crippen LogP contribution is 2.23. The molecule has 0 saturated carbocycles. The van der Waals surface area contributed by atoms with E-state index in [1.54, 1.807) is 12.3 Å². The van der Waals surface area contributed by atoms with Crippen LogP contribution in [0.4, 0.5) is 11.7 Å². The number of oxazole rings is 1. The van der Waals surface area contributed by atoms with E-state index in [0.717, 1.165) is 5.82 Å². The van der Waals surface area contributed by atoms with E-state index in [2.05, 4.69) is 15.3 Å². The number of aromatic nitrogens is 3. The monoisotopic (exact) mass is 273 g/mol. The van der Waals surface area contributed by atoms with Crippen molar-refractivity contribution in [2.45, 2.75) is 6.54 Å². The maximum absolute atomic E-state index is 10.7. The fourth-order valence-electron chi connectivity index (χ4n) is 1.82. The molecule has 0 fully saturated rings. The molecule has 0 aliphatic carbocycles. The number of rotatable bonds is 4. The number of imidazole rings is 1. The van der Waals surface area contributed by atoms with Gasteiger partial charge >= 0.3 is 0 Å². The van der Waals surface area contributed by atoms with Crippen LogP contribution >= 0.6 is 0 Å². The first-order valence-corrected chi connectivity index (χ1v) is 5.88. The Kier molecular flexibility index (Phi) is 2.82. The van der Waals surface area contributed by atoms with Crippen LogP contribution in [0.15, 0.2) is 35.0 Å². The Bertz CT molecular complexity index is 776. The molecule has 1 N–H and O–H groups in total. The van der Waals surface area contributed by atoms with Gasteiger partial charge in [0, 0.05) is 25.5 Å². The summed E-state index contributed by atoms with van der Waals surface area (Å²) in [5, 5.41) is 13.7. The lowest BCUT2D eigenvalue weighted by atomic mass is 10.3. The third kappa shape index (κ3) is 2.18. The van der Waals surface area contributed by atoms with Crippen LogP contribution in [0.1, 0.15) is 5.82 Å². The van der Waals surface area contributed by atoms with Gasteiger partial charge < -0.3 is 14.3 Å². The Morgan fingerprint density at radius 1 is 1.50 bits per heavy atom. The predicted octanol–water partition coefficient (Wildman–Crippen LogP) is 2.08. The quantitative estimate of drug-likeness (QED) is 0.577. The van der Waals surface area contributed by atoms with Crippen LogP contribution < -0.4 is 5.32 Å². The van der Waals surface area contributed by atoms with Crippen molar-refractivity contribution in [2.75, 3.05) is 5.32 Å². The number of non-ortho nitro benzene ring substituents is 1. The van der Waals surface area contributed by atoms with Crippen molar-refractivity contribution in [3.05, 3.63) is 46.5 Å². The van der Waals surface area contributed by atoms with Crippen molar-refractivity contribution >= 4 is 22.8 Å². The molecule has 2 heterocycles. The summed E-state index contributed by atoms with van der Waals surface area (Å²) < 4.78 is 7.31. The van der Waals surface area contributed by atoms with Crippen LogP contribution in [0.25, 0.3) is 11.1 Å².